The smallest absolute Gasteiger partial charge is 0.357 e. The van der Waals surface area contributed by atoms with Gasteiger partial charge in [0.1, 0.15) is 0 Å². The molecule has 0 saturated carbocycles. The molecule has 2 heterocycles. The van der Waals surface area contributed by atoms with Crippen LogP contribution < -0.4 is 0 Å². The number of nitrogens with zero attached hydrogens (tertiary/aromatic N) is 4. The van der Waals surface area contributed by atoms with Crippen LogP contribution in [0, 0.1) is 10.1 Å². The molecule has 0 N–H and O–H groups in total. The third-order valence-electron chi connectivity index (χ3n) is 3.13. The molecule has 0 aliphatic carbocycles. The van der Waals surface area contributed by atoms with Crippen molar-refractivity contribution in [1.29, 1.82) is 0 Å². The monoisotopic (exact) mass is 318 g/mol. The summed E-state index contributed by atoms with van der Waals surface area (Å²) < 4.78 is 6.20. The van der Waals surface area contributed by atoms with Crippen LogP contribution in [0.25, 0.3) is 5.82 Å². The largest absolute Gasteiger partial charge is 0.461 e. The van der Waals surface area contributed by atoms with E-state index in [0.717, 1.165) is 0 Å². The Hall–Kier alpha value is -2.77. The highest BCUT2D eigenvalue weighted by Gasteiger charge is 2.28. The molecule has 8 heteroatoms. The summed E-state index contributed by atoms with van der Waals surface area (Å²) >= 11 is 0. The second-order valence-corrected chi connectivity index (χ2v) is 5.90. The summed E-state index contributed by atoms with van der Waals surface area (Å²) in [6, 6.07) is 4.35. The molecule has 0 atom stereocenters. The Balaban J connectivity index is 2.68. The Labute approximate surface area is 133 Å². The first kappa shape index (κ1) is 16.6. The van der Waals surface area contributed by atoms with Gasteiger partial charge in [-0.25, -0.2) is 14.5 Å². The maximum Gasteiger partial charge on any atom is 0.357 e. The molecule has 0 unspecified atom stereocenters. The van der Waals surface area contributed by atoms with E-state index in [2.05, 4.69) is 10.1 Å². The van der Waals surface area contributed by atoms with Crippen molar-refractivity contribution in [2.75, 3.05) is 6.61 Å². The van der Waals surface area contributed by atoms with Crippen LogP contribution in [0.3, 0.4) is 0 Å². The molecular weight excluding hydrogens is 300 g/mol. The van der Waals surface area contributed by atoms with Crippen molar-refractivity contribution in [3.8, 4) is 5.82 Å². The van der Waals surface area contributed by atoms with Crippen LogP contribution in [0.2, 0.25) is 0 Å². The van der Waals surface area contributed by atoms with Gasteiger partial charge in [0.05, 0.1) is 17.2 Å². The van der Waals surface area contributed by atoms with Crippen LogP contribution >= 0.6 is 0 Å². The summed E-state index contributed by atoms with van der Waals surface area (Å²) in [4.78, 5) is 26.9. The summed E-state index contributed by atoms with van der Waals surface area (Å²) in [6.07, 6.45) is 1.41. The molecule has 0 aliphatic heterocycles. The van der Waals surface area contributed by atoms with Crippen molar-refractivity contribution in [3.63, 3.8) is 0 Å². The summed E-state index contributed by atoms with van der Waals surface area (Å²) in [6.45, 7) is 7.68. The molecule has 0 bridgehead atoms. The second kappa shape index (κ2) is 6.15. The van der Waals surface area contributed by atoms with E-state index < -0.39 is 10.9 Å². The number of esters is 1. The maximum absolute atomic E-state index is 12.2. The van der Waals surface area contributed by atoms with Crippen molar-refractivity contribution >= 4 is 11.7 Å². The van der Waals surface area contributed by atoms with Crippen LogP contribution in [0.1, 0.15) is 43.9 Å². The van der Waals surface area contributed by atoms with Gasteiger partial charge in [0.2, 0.25) is 5.82 Å². The number of hydrogen-bond acceptors (Lipinski definition) is 6. The molecular formula is C15H18N4O4. The van der Waals surface area contributed by atoms with Gasteiger partial charge < -0.3 is 4.74 Å². The van der Waals surface area contributed by atoms with E-state index in [4.69, 9.17) is 4.74 Å². The molecule has 2 aromatic rings. The highest BCUT2D eigenvalue weighted by atomic mass is 16.6. The molecule has 0 aromatic carbocycles. The highest BCUT2D eigenvalue weighted by molar-refractivity contribution is 5.88. The number of carbonyl (C=O) groups excluding carboxylic acids is 1. The summed E-state index contributed by atoms with van der Waals surface area (Å²) in [5.74, 6) is -0.619. The highest BCUT2D eigenvalue weighted by Crippen LogP contribution is 2.26. The van der Waals surface area contributed by atoms with Crippen LogP contribution in [0.4, 0.5) is 5.69 Å². The average Bonchev–Trinajstić information content (AvgIpc) is 2.92. The van der Waals surface area contributed by atoms with Gasteiger partial charge >= 0.3 is 11.7 Å². The van der Waals surface area contributed by atoms with Gasteiger partial charge in [-0.1, -0.05) is 20.8 Å². The zero-order valence-electron chi connectivity index (χ0n) is 13.4. The Morgan fingerprint density at radius 1 is 1.43 bits per heavy atom. The fourth-order valence-corrected chi connectivity index (χ4v) is 1.95. The number of rotatable bonds is 4. The van der Waals surface area contributed by atoms with E-state index in [9.17, 15) is 14.9 Å². The first-order chi connectivity index (χ1) is 10.8. The molecule has 8 nitrogen and oxygen atoms in total. The SMILES string of the molecule is CCOC(=O)c1cc(C(C)(C)C)nn1-c1ncccc1[N+](=O)[O-]. The number of carbonyl (C=O) groups is 1. The maximum atomic E-state index is 12.2. The minimum absolute atomic E-state index is 0.0175. The van der Waals surface area contributed by atoms with Gasteiger partial charge in [-0.3, -0.25) is 10.1 Å². The fourth-order valence-electron chi connectivity index (χ4n) is 1.95. The van der Waals surface area contributed by atoms with Crippen LogP contribution in [0.15, 0.2) is 24.4 Å². The molecule has 0 aliphatic rings. The normalized spacial score (nSPS) is 11.3. The van der Waals surface area contributed by atoms with Gasteiger partial charge in [0, 0.05) is 17.7 Å². The van der Waals surface area contributed by atoms with Crippen molar-refractivity contribution in [1.82, 2.24) is 14.8 Å². The van der Waals surface area contributed by atoms with E-state index in [1.54, 1.807) is 13.0 Å². The van der Waals surface area contributed by atoms with Crippen LogP contribution in [-0.4, -0.2) is 32.3 Å². The summed E-state index contributed by atoms with van der Waals surface area (Å²) in [7, 11) is 0. The predicted octanol–water partition coefficient (Wildman–Crippen LogP) is 2.65. The van der Waals surface area contributed by atoms with Crippen molar-refractivity contribution in [2.45, 2.75) is 33.1 Å². The molecule has 0 fully saturated rings. The van der Waals surface area contributed by atoms with E-state index in [0.29, 0.717) is 5.69 Å². The van der Waals surface area contributed by atoms with E-state index in [-0.39, 0.29) is 29.2 Å². The zero-order chi connectivity index (χ0) is 17.2. The fraction of sp³-hybridized carbons (Fsp3) is 0.400. The quantitative estimate of drug-likeness (QED) is 0.488. The number of pyridine rings is 1. The number of hydrogen-bond donors (Lipinski definition) is 0. The standard InChI is InChI=1S/C15H18N4O4/c1-5-23-14(20)11-9-12(15(2,3)4)17-18(11)13-10(19(21)22)7-6-8-16-13/h6-9H,5H2,1-4H3. The lowest BCUT2D eigenvalue weighted by molar-refractivity contribution is -0.384. The van der Waals surface area contributed by atoms with Gasteiger partial charge in [-0.05, 0) is 19.1 Å². The summed E-state index contributed by atoms with van der Waals surface area (Å²) in [5.41, 5.74) is 0.149. The van der Waals surface area contributed by atoms with Crippen molar-refractivity contribution < 1.29 is 14.5 Å². The Morgan fingerprint density at radius 2 is 2.13 bits per heavy atom. The Kier molecular flexibility index (Phi) is 4.44. The second-order valence-electron chi connectivity index (χ2n) is 5.90. The lowest BCUT2D eigenvalue weighted by Crippen LogP contribution is -2.15. The van der Waals surface area contributed by atoms with E-state index in [1.165, 1.54) is 23.0 Å². The molecule has 2 rings (SSSR count). The molecule has 0 radical (unpaired) electrons. The van der Waals surface area contributed by atoms with E-state index in [1.807, 2.05) is 20.8 Å². The van der Waals surface area contributed by atoms with Gasteiger partial charge in [-0.15, -0.1) is 0 Å². The number of ether oxygens (including phenoxy) is 1. The van der Waals surface area contributed by atoms with Crippen molar-refractivity contribution in [2.24, 2.45) is 0 Å². The predicted molar refractivity (Wildman–Crippen MR) is 82.7 cm³/mol. The van der Waals surface area contributed by atoms with Crippen LogP contribution in [0.5, 0.6) is 0 Å². The zero-order valence-corrected chi connectivity index (χ0v) is 13.4. The number of nitro groups is 1. The third-order valence-corrected chi connectivity index (χ3v) is 3.13. The van der Waals surface area contributed by atoms with E-state index >= 15 is 0 Å². The molecule has 122 valence electrons. The van der Waals surface area contributed by atoms with Gasteiger partial charge in [0.25, 0.3) is 0 Å². The molecule has 23 heavy (non-hydrogen) atoms. The first-order valence-electron chi connectivity index (χ1n) is 7.13. The molecule has 0 saturated heterocycles. The lowest BCUT2D eigenvalue weighted by atomic mass is 9.92. The third kappa shape index (κ3) is 3.36. The first-order valence-corrected chi connectivity index (χ1v) is 7.13. The Morgan fingerprint density at radius 3 is 2.70 bits per heavy atom. The minimum atomic E-state index is -0.601. The minimum Gasteiger partial charge on any atom is -0.461 e. The number of aromatic nitrogens is 3. The lowest BCUT2D eigenvalue weighted by Gasteiger charge is -2.14. The van der Waals surface area contributed by atoms with Crippen LogP contribution in [-0.2, 0) is 10.2 Å². The molecule has 0 spiro atoms. The molecule has 2 aromatic heterocycles. The van der Waals surface area contributed by atoms with Crippen molar-refractivity contribution in [3.05, 3.63) is 45.9 Å². The molecule has 0 amide bonds. The Bertz CT molecular complexity index is 746. The average molecular weight is 318 g/mol. The summed E-state index contributed by atoms with van der Waals surface area (Å²) in [5, 5.41) is 15.6. The van der Waals surface area contributed by atoms with Gasteiger partial charge in [-0.2, -0.15) is 5.10 Å². The van der Waals surface area contributed by atoms with Gasteiger partial charge in [0.15, 0.2) is 5.69 Å². The topological polar surface area (TPSA) is 100 Å².